The molecule has 0 saturated carbocycles. The van der Waals surface area contributed by atoms with Gasteiger partial charge in [0, 0.05) is 5.69 Å². The molecular weight excluding hydrogens is 266 g/mol. The number of hydrogen-bond acceptors (Lipinski definition) is 4. The first-order valence-corrected chi connectivity index (χ1v) is 6.79. The zero-order chi connectivity index (χ0) is 14.5. The summed E-state index contributed by atoms with van der Waals surface area (Å²) < 4.78 is 16.1. The van der Waals surface area contributed by atoms with Crippen molar-refractivity contribution in [1.82, 2.24) is 0 Å². The Morgan fingerprint density at radius 2 is 1.43 bits per heavy atom. The normalized spacial score (nSPS) is 10.5. The quantitative estimate of drug-likeness (QED) is 0.683. The second-order valence-electron chi connectivity index (χ2n) is 4.71. The van der Waals surface area contributed by atoms with Gasteiger partial charge in [-0.05, 0) is 48.5 Å². The summed E-state index contributed by atoms with van der Waals surface area (Å²) in [7, 11) is 1.67. The van der Waals surface area contributed by atoms with E-state index < -0.39 is 0 Å². The number of methoxy groups -OCH3 is 1. The Balaban J connectivity index is 1.83. The van der Waals surface area contributed by atoms with Crippen LogP contribution in [-0.4, -0.2) is 7.11 Å². The number of anilines is 1. The third-order valence-electron chi connectivity index (χ3n) is 3.29. The van der Waals surface area contributed by atoms with Crippen LogP contribution in [0, 0.1) is 0 Å². The molecule has 4 heteroatoms. The SMILES string of the molecule is COc1ccc(N(Cc2ccco2)Cc2ccco2)cc1. The van der Waals surface area contributed by atoms with Crippen LogP contribution in [0.25, 0.3) is 0 Å². The van der Waals surface area contributed by atoms with Gasteiger partial charge in [0.15, 0.2) is 0 Å². The molecule has 0 aliphatic carbocycles. The van der Waals surface area contributed by atoms with Crippen LogP contribution in [0.15, 0.2) is 69.9 Å². The third-order valence-corrected chi connectivity index (χ3v) is 3.29. The third kappa shape index (κ3) is 3.28. The molecule has 0 unspecified atom stereocenters. The molecule has 3 rings (SSSR count). The van der Waals surface area contributed by atoms with Gasteiger partial charge in [-0.15, -0.1) is 0 Å². The maximum Gasteiger partial charge on any atom is 0.123 e. The van der Waals surface area contributed by atoms with Crippen LogP contribution >= 0.6 is 0 Å². The summed E-state index contributed by atoms with van der Waals surface area (Å²) in [5, 5.41) is 0. The van der Waals surface area contributed by atoms with Crippen molar-refractivity contribution in [1.29, 1.82) is 0 Å². The summed E-state index contributed by atoms with van der Waals surface area (Å²) in [6.07, 6.45) is 3.38. The van der Waals surface area contributed by atoms with E-state index in [9.17, 15) is 0 Å². The van der Waals surface area contributed by atoms with Crippen LogP contribution < -0.4 is 9.64 Å². The smallest absolute Gasteiger partial charge is 0.123 e. The molecule has 0 amide bonds. The zero-order valence-corrected chi connectivity index (χ0v) is 11.9. The maximum absolute atomic E-state index is 5.45. The lowest BCUT2D eigenvalue weighted by Crippen LogP contribution is -2.21. The molecular formula is C17H17NO3. The van der Waals surface area contributed by atoms with E-state index in [1.807, 2.05) is 48.5 Å². The highest BCUT2D eigenvalue weighted by molar-refractivity contribution is 5.49. The molecule has 0 aliphatic heterocycles. The molecule has 0 N–H and O–H groups in total. The molecule has 0 fully saturated rings. The number of ether oxygens (including phenoxy) is 1. The van der Waals surface area contributed by atoms with E-state index in [1.165, 1.54) is 0 Å². The standard InChI is InChI=1S/C17H17NO3/c1-19-15-8-6-14(7-9-15)18(12-16-4-2-10-20-16)13-17-5-3-11-21-17/h2-11H,12-13H2,1H3. The zero-order valence-electron chi connectivity index (χ0n) is 11.9. The van der Waals surface area contributed by atoms with Crippen LogP contribution in [0.2, 0.25) is 0 Å². The van der Waals surface area contributed by atoms with E-state index in [-0.39, 0.29) is 0 Å². The van der Waals surface area contributed by atoms with Crippen molar-refractivity contribution in [2.45, 2.75) is 13.1 Å². The Kier molecular flexibility index (Phi) is 3.96. The number of hydrogen-bond donors (Lipinski definition) is 0. The van der Waals surface area contributed by atoms with Crippen LogP contribution in [0.5, 0.6) is 5.75 Å². The highest BCUT2D eigenvalue weighted by Gasteiger charge is 2.11. The summed E-state index contributed by atoms with van der Waals surface area (Å²) in [4.78, 5) is 2.19. The van der Waals surface area contributed by atoms with Gasteiger partial charge in [-0.3, -0.25) is 0 Å². The number of rotatable bonds is 6. The Hall–Kier alpha value is -2.62. The first-order chi connectivity index (χ1) is 10.3. The van der Waals surface area contributed by atoms with Crippen LogP contribution in [0.3, 0.4) is 0 Å². The van der Waals surface area contributed by atoms with Crippen molar-refractivity contribution in [2.75, 3.05) is 12.0 Å². The molecule has 3 aromatic rings. The fraction of sp³-hybridized carbons (Fsp3) is 0.176. The second-order valence-corrected chi connectivity index (χ2v) is 4.71. The van der Waals surface area contributed by atoms with Crippen LogP contribution in [-0.2, 0) is 13.1 Å². The van der Waals surface area contributed by atoms with Gasteiger partial charge in [0.25, 0.3) is 0 Å². The van der Waals surface area contributed by atoms with Gasteiger partial charge < -0.3 is 18.5 Å². The largest absolute Gasteiger partial charge is 0.497 e. The average Bonchev–Trinajstić information content (AvgIpc) is 3.20. The molecule has 1 aromatic carbocycles. The Morgan fingerprint density at radius 3 is 1.86 bits per heavy atom. The van der Waals surface area contributed by atoms with Gasteiger partial charge in [0.2, 0.25) is 0 Å². The van der Waals surface area contributed by atoms with Crippen molar-refractivity contribution in [2.24, 2.45) is 0 Å². The average molecular weight is 283 g/mol. The molecule has 108 valence electrons. The fourth-order valence-corrected chi connectivity index (χ4v) is 2.21. The minimum absolute atomic E-state index is 0.681. The predicted molar refractivity (Wildman–Crippen MR) is 80.3 cm³/mol. The van der Waals surface area contributed by atoms with E-state index in [2.05, 4.69) is 4.90 Å². The van der Waals surface area contributed by atoms with Crippen molar-refractivity contribution in [3.05, 3.63) is 72.6 Å². The minimum Gasteiger partial charge on any atom is -0.497 e. The van der Waals surface area contributed by atoms with Gasteiger partial charge >= 0.3 is 0 Å². The monoisotopic (exact) mass is 283 g/mol. The maximum atomic E-state index is 5.45. The summed E-state index contributed by atoms with van der Waals surface area (Å²) in [6, 6.07) is 15.7. The highest BCUT2D eigenvalue weighted by Crippen LogP contribution is 2.23. The molecule has 0 radical (unpaired) electrons. The second kappa shape index (κ2) is 6.22. The van der Waals surface area contributed by atoms with E-state index in [0.717, 1.165) is 23.0 Å². The highest BCUT2D eigenvalue weighted by atomic mass is 16.5. The molecule has 0 bridgehead atoms. The summed E-state index contributed by atoms with van der Waals surface area (Å²) in [5.74, 6) is 2.67. The molecule has 0 saturated heterocycles. The van der Waals surface area contributed by atoms with Gasteiger partial charge in [-0.25, -0.2) is 0 Å². The predicted octanol–water partition coefficient (Wildman–Crippen LogP) is 4.09. The first-order valence-electron chi connectivity index (χ1n) is 6.79. The molecule has 4 nitrogen and oxygen atoms in total. The van der Waals surface area contributed by atoms with Crippen molar-refractivity contribution in [3.63, 3.8) is 0 Å². The van der Waals surface area contributed by atoms with E-state index in [0.29, 0.717) is 13.1 Å². The van der Waals surface area contributed by atoms with Gasteiger partial charge in [0.05, 0.1) is 32.7 Å². The van der Waals surface area contributed by atoms with Crippen molar-refractivity contribution in [3.8, 4) is 5.75 Å². The molecule has 2 heterocycles. The van der Waals surface area contributed by atoms with E-state index >= 15 is 0 Å². The fourth-order valence-electron chi connectivity index (χ4n) is 2.21. The molecule has 2 aromatic heterocycles. The number of benzene rings is 1. The van der Waals surface area contributed by atoms with Crippen LogP contribution in [0.1, 0.15) is 11.5 Å². The van der Waals surface area contributed by atoms with Gasteiger partial charge in [-0.1, -0.05) is 0 Å². The van der Waals surface area contributed by atoms with Gasteiger partial charge in [0.1, 0.15) is 17.3 Å². The molecule has 21 heavy (non-hydrogen) atoms. The summed E-state index contributed by atoms with van der Waals surface area (Å²) in [6.45, 7) is 1.36. The summed E-state index contributed by atoms with van der Waals surface area (Å²) >= 11 is 0. The Bertz CT molecular complexity index is 606. The Morgan fingerprint density at radius 1 is 0.857 bits per heavy atom. The lowest BCUT2D eigenvalue weighted by Gasteiger charge is -2.23. The lowest BCUT2D eigenvalue weighted by atomic mass is 10.2. The van der Waals surface area contributed by atoms with Crippen molar-refractivity contribution >= 4 is 5.69 Å². The van der Waals surface area contributed by atoms with E-state index in [1.54, 1.807) is 19.6 Å². The van der Waals surface area contributed by atoms with Crippen molar-refractivity contribution < 1.29 is 13.6 Å². The van der Waals surface area contributed by atoms with E-state index in [4.69, 9.17) is 13.6 Å². The number of furan rings is 2. The Labute approximate surface area is 123 Å². The molecule has 0 spiro atoms. The minimum atomic E-state index is 0.681. The lowest BCUT2D eigenvalue weighted by molar-refractivity contribution is 0.414. The van der Waals surface area contributed by atoms with Crippen LogP contribution in [0.4, 0.5) is 5.69 Å². The molecule has 0 aliphatic rings. The molecule has 0 atom stereocenters. The number of nitrogens with zero attached hydrogens (tertiary/aromatic N) is 1. The topological polar surface area (TPSA) is 38.8 Å². The van der Waals surface area contributed by atoms with Gasteiger partial charge in [-0.2, -0.15) is 0 Å². The summed E-state index contributed by atoms with van der Waals surface area (Å²) in [5.41, 5.74) is 1.09. The first kappa shape index (κ1) is 13.4.